The number of hydrogen-bond donors (Lipinski definition) is 2. The zero-order valence-electron chi connectivity index (χ0n) is 12.1. The average Bonchev–Trinajstić information content (AvgIpc) is 2.69. The van der Waals surface area contributed by atoms with Crippen LogP contribution in [0, 0.1) is 12.3 Å². The van der Waals surface area contributed by atoms with E-state index in [1.165, 1.54) is 0 Å². The van der Waals surface area contributed by atoms with Crippen LogP contribution in [0.2, 0.25) is 0 Å². The zero-order valence-corrected chi connectivity index (χ0v) is 12.1. The smallest absolute Gasteiger partial charge is 0.233 e. The number of nitrogens with one attached hydrogen (secondary N) is 2. The molecule has 5 nitrogen and oxygen atoms in total. The number of aryl methyl sites for hydroxylation is 2. The summed E-state index contributed by atoms with van der Waals surface area (Å²) < 4.78 is 1.73. The first kappa shape index (κ1) is 14.1. The summed E-state index contributed by atoms with van der Waals surface area (Å²) in [4.78, 5) is 12.6. The number of amides is 1. The van der Waals surface area contributed by atoms with Crippen LogP contribution < -0.4 is 10.6 Å². The summed E-state index contributed by atoms with van der Waals surface area (Å²) in [5.74, 6) is 0.910. The number of hydrogen-bond acceptors (Lipinski definition) is 3. The third kappa shape index (κ3) is 2.97. The van der Waals surface area contributed by atoms with Gasteiger partial charge in [-0.15, -0.1) is 0 Å². The largest absolute Gasteiger partial charge is 0.316 e. The quantitative estimate of drug-likeness (QED) is 0.872. The van der Waals surface area contributed by atoms with Gasteiger partial charge in [0.05, 0.1) is 11.1 Å². The van der Waals surface area contributed by atoms with E-state index in [1.807, 2.05) is 20.0 Å². The number of carbonyl (C=O) groups is 1. The summed E-state index contributed by atoms with van der Waals surface area (Å²) in [6, 6.07) is 1.91. The Morgan fingerprint density at radius 1 is 1.63 bits per heavy atom. The third-order valence-electron chi connectivity index (χ3n) is 3.93. The lowest BCUT2D eigenvalue weighted by atomic mass is 9.76. The van der Waals surface area contributed by atoms with Crippen molar-refractivity contribution >= 4 is 11.7 Å². The first-order valence-electron chi connectivity index (χ1n) is 7.10. The number of carbonyl (C=O) groups excluding carboxylic acids is 1. The molecule has 5 heteroatoms. The van der Waals surface area contributed by atoms with E-state index in [9.17, 15) is 4.79 Å². The van der Waals surface area contributed by atoms with Crippen LogP contribution in [0.1, 0.15) is 38.3 Å². The van der Waals surface area contributed by atoms with Crippen LogP contribution >= 0.6 is 0 Å². The molecular weight excluding hydrogens is 240 g/mol. The number of anilines is 1. The maximum absolute atomic E-state index is 12.6. The molecule has 1 atom stereocenters. The lowest BCUT2D eigenvalue weighted by molar-refractivity contribution is -0.127. The molecule has 1 aromatic rings. The van der Waals surface area contributed by atoms with E-state index in [0.717, 1.165) is 50.3 Å². The van der Waals surface area contributed by atoms with Crippen molar-refractivity contribution in [2.45, 2.75) is 39.5 Å². The lowest BCUT2D eigenvalue weighted by Gasteiger charge is -2.36. The van der Waals surface area contributed by atoms with Crippen molar-refractivity contribution in [3.63, 3.8) is 0 Å². The number of piperidine rings is 1. The summed E-state index contributed by atoms with van der Waals surface area (Å²) in [6.07, 6.45) is 4.00. The molecule has 0 radical (unpaired) electrons. The number of rotatable bonds is 4. The Morgan fingerprint density at radius 2 is 2.42 bits per heavy atom. The van der Waals surface area contributed by atoms with Crippen LogP contribution in [-0.2, 0) is 11.8 Å². The molecule has 1 saturated heterocycles. The van der Waals surface area contributed by atoms with Crippen LogP contribution in [0.15, 0.2) is 6.07 Å². The molecule has 19 heavy (non-hydrogen) atoms. The molecule has 1 unspecified atom stereocenters. The Labute approximate surface area is 114 Å². The molecule has 0 aliphatic carbocycles. The van der Waals surface area contributed by atoms with Gasteiger partial charge in [0.1, 0.15) is 5.82 Å². The Bertz CT molecular complexity index is 441. The van der Waals surface area contributed by atoms with Crippen molar-refractivity contribution in [3.05, 3.63) is 11.8 Å². The second-order valence-corrected chi connectivity index (χ2v) is 5.56. The Morgan fingerprint density at radius 3 is 2.95 bits per heavy atom. The summed E-state index contributed by atoms with van der Waals surface area (Å²) in [5.41, 5.74) is 0.662. The van der Waals surface area contributed by atoms with Crippen LogP contribution in [0.4, 0.5) is 5.82 Å². The second-order valence-electron chi connectivity index (χ2n) is 5.56. The van der Waals surface area contributed by atoms with Crippen LogP contribution in [0.3, 0.4) is 0 Å². The molecule has 1 amide bonds. The summed E-state index contributed by atoms with van der Waals surface area (Å²) in [7, 11) is 1.86. The fraction of sp³-hybridized carbons (Fsp3) is 0.714. The molecule has 1 aliphatic rings. The minimum atomic E-state index is -0.259. The minimum Gasteiger partial charge on any atom is -0.316 e. The average molecular weight is 264 g/mol. The normalized spacial score (nSPS) is 23.3. The number of nitrogens with zero attached hydrogens (tertiary/aromatic N) is 2. The topological polar surface area (TPSA) is 59.0 Å². The summed E-state index contributed by atoms with van der Waals surface area (Å²) >= 11 is 0. The van der Waals surface area contributed by atoms with E-state index in [4.69, 9.17) is 0 Å². The second kappa shape index (κ2) is 5.74. The highest BCUT2D eigenvalue weighted by molar-refractivity contribution is 5.95. The van der Waals surface area contributed by atoms with Crippen molar-refractivity contribution < 1.29 is 4.79 Å². The third-order valence-corrected chi connectivity index (χ3v) is 3.93. The molecule has 0 bridgehead atoms. The van der Waals surface area contributed by atoms with Gasteiger partial charge in [0.25, 0.3) is 0 Å². The van der Waals surface area contributed by atoms with Crippen LogP contribution in [-0.4, -0.2) is 28.8 Å². The molecule has 1 fully saturated rings. The lowest BCUT2D eigenvalue weighted by Crippen LogP contribution is -2.48. The fourth-order valence-corrected chi connectivity index (χ4v) is 2.94. The van der Waals surface area contributed by atoms with Gasteiger partial charge >= 0.3 is 0 Å². The van der Waals surface area contributed by atoms with Gasteiger partial charge in [-0.25, -0.2) is 0 Å². The first-order valence-corrected chi connectivity index (χ1v) is 7.10. The van der Waals surface area contributed by atoms with Gasteiger partial charge in [0.2, 0.25) is 5.91 Å². The van der Waals surface area contributed by atoms with Gasteiger partial charge < -0.3 is 10.6 Å². The van der Waals surface area contributed by atoms with E-state index in [0.29, 0.717) is 0 Å². The Balaban J connectivity index is 2.13. The summed E-state index contributed by atoms with van der Waals surface area (Å²) in [6.45, 7) is 5.87. The molecule has 2 rings (SSSR count). The molecular formula is C14H24N4O. The molecule has 0 aromatic carbocycles. The molecule has 0 saturated carbocycles. The van der Waals surface area contributed by atoms with Crippen molar-refractivity contribution in [2.24, 2.45) is 12.5 Å². The van der Waals surface area contributed by atoms with Gasteiger partial charge in [0, 0.05) is 19.7 Å². The highest BCUT2D eigenvalue weighted by Gasteiger charge is 2.38. The molecule has 1 aromatic heterocycles. The minimum absolute atomic E-state index is 0.129. The highest BCUT2D eigenvalue weighted by Crippen LogP contribution is 2.33. The molecule has 106 valence electrons. The first-order chi connectivity index (χ1) is 9.07. The van der Waals surface area contributed by atoms with Gasteiger partial charge in [-0.2, -0.15) is 5.10 Å². The van der Waals surface area contributed by atoms with Gasteiger partial charge in [-0.3, -0.25) is 9.48 Å². The van der Waals surface area contributed by atoms with Crippen molar-refractivity contribution in [1.82, 2.24) is 15.1 Å². The van der Waals surface area contributed by atoms with Crippen LogP contribution in [0.5, 0.6) is 0 Å². The predicted molar refractivity (Wildman–Crippen MR) is 76.0 cm³/mol. The van der Waals surface area contributed by atoms with Crippen LogP contribution in [0.25, 0.3) is 0 Å². The van der Waals surface area contributed by atoms with E-state index in [1.54, 1.807) is 4.68 Å². The molecule has 1 aliphatic heterocycles. The Hall–Kier alpha value is -1.36. The highest BCUT2D eigenvalue weighted by atomic mass is 16.2. The zero-order chi connectivity index (χ0) is 13.9. The predicted octanol–water partition coefficient (Wildman–Crippen LogP) is 1.84. The molecule has 0 spiro atoms. The van der Waals surface area contributed by atoms with Gasteiger partial charge in [-0.05, 0) is 32.7 Å². The van der Waals surface area contributed by atoms with E-state index < -0.39 is 0 Å². The maximum atomic E-state index is 12.6. The van der Waals surface area contributed by atoms with Gasteiger partial charge in [-0.1, -0.05) is 13.3 Å². The maximum Gasteiger partial charge on any atom is 0.233 e. The van der Waals surface area contributed by atoms with Crippen molar-refractivity contribution in [1.29, 1.82) is 0 Å². The van der Waals surface area contributed by atoms with Crippen molar-refractivity contribution in [2.75, 3.05) is 18.4 Å². The monoisotopic (exact) mass is 264 g/mol. The molecule has 2 N–H and O–H groups in total. The Kier molecular flexibility index (Phi) is 4.24. The van der Waals surface area contributed by atoms with E-state index in [-0.39, 0.29) is 11.3 Å². The molecule has 2 heterocycles. The van der Waals surface area contributed by atoms with Gasteiger partial charge in [0.15, 0.2) is 0 Å². The van der Waals surface area contributed by atoms with Crippen molar-refractivity contribution in [3.8, 4) is 0 Å². The SMILES string of the molecule is CCCC1(C(=O)Nc2cc(C)nn2C)CCCNC1. The van der Waals surface area contributed by atoms with E-state index >= 15 is 0 Å². The summed E-state index contributed by atoms with van der Waals surface area (Å²) in [5, 5.41) is 10.7. The van der Waals surface area contributed by atoms with E-state index in [2.05, 4.69) is 22.7 Å². The number of aromatic nitrogens is 2. The fourth-order valence-electron chi connectivity index (χ4n) is 2.94. The standard InChI is InChI=1S/C14H24N4O/c1-4-6-14(7-5-8-15-10-14)13(19)16-12-9-11(2)17-18(12)3/h9,15H,4-8,10H2,1-3H3,(H,16,19).